The Bertz CT molecular complexity index is 382. The zero-order valence-corrected chi connectivity index (χ0v) is 10.5. The van der Waals surface area contributed by atoms with E-state index in [1.807, 2.05) is 0 Å². The first-order valence-electron chi connectivity index (χ1n) is 4.92. The molecule has 0 radical (unpaired) electrons. The summed E-state index contributed by atoms with van der Waals surface area (Å²) in [4.78, 5) is 22.3. The molecule has 0 aliphatic carbocycles. The molecule has 0 aliphatic heterocycles. The predicted octanol–water partition coefficient (Wildman–Crippen LogP) is 1.93. The normalized spacial score (nSPS) is 11.6. The first-order valence-corrected chi connectivity index (χ1v) is 6.04. The number of ether oxygens (including phenoxy) is 1. The number of alkyl carbamates (subject to hydrolysis) is 1. The van der Waals surface area contributed by atoms with Crippen molar-refractivity contribution < 1.29 is 19.4 Å². The van der Waals surface area contributed by atoms with Crippen molar-refractivity contribution in [3.05, 3.63) is 35.9 Å². The van der Waals surface area contributed by atoms with Gasteiger partial charge in [0.2, 0.25) is 0 Å². The number of carboxylic acid groups (broad SMARTS) is 1. The molecule has 5 nitrogen and oxygen atoms in total. The van der Waals surface area contributed by atoms with Gasteiger partial charge in [0.15, 0.2) is 6.04 Å². The molecule has 1 aromatic rings. The average molecular weight is 302 g/mol. The van der Waals surface area contributed by atoms with Crippen LogP contribution in [0.1, 0.15) is 11.6 Å². The van der Waals surface area contributed by atoms with Crippen LogP contribution in [0, 0.1) is 0 Å². The van der Waals surface area contributed by atoms with Crippen LogP contribution in [0.15, 0.2) is 30.3 Å². The van der Waals surface area contributed by atoms with Crippen molar-refractivity contribution in [2.75, 3.05) is 11.9 Å². The van der Waals surface area contributed by atoms with Crippen LogP contribution in [-0.4, -0.2) is 29.1 Å². The third-order valence-electron chi connectivity index (χ3n) is 1.95. The Kier molecular flexibility index (Phi) is 5.48. The lowest BCUT2D eigenvalue weighted by Crippen LogP contribution is -2.34. The van der Waals surface area contributed by atoms with Gasteiger partial charge in [0, 0.05) is 5.33 Å². The summed E-state index contributed by atoms with van der Waals surface area (Å²) in [5.41, 5.74) is 0.496. The van der Waals surface area contributed by atoms with E-state index in [9.17, 15) is 9.59 Å². The molecule has 17 heavy (non-hydrogen) atoms. The highest BCUT2D eigenvalue weighted by Gasteiger charge is 2.22. The van der Waals surface area contributed by atoms with E-state index in [0.29, 0.717) is 10.9 Å². The minimum Gasteiger partial charge on any atom is -0.479 e. The number of hydrogen-bond acceptors (Lipinski definition) is 3. The summed E-state index contributed by atoms with van der Waals surface area (Å²) in [5.74, 6) is -1.13. The highest BCUT2D eigenvalue weighted by atomic mass is 79.9. The number of hydrogen-bond donors (Lipinski definition) is 2. The summed E-state index contributed by atoms with van der Waals surface area (Å²) in [7, 11) is 0. The van der Waals surface area contributed by atoms with Crippen molar-refractivity contribution in [3.63, 3.8) is 0 Å². The summed E-state index contributed by atoms with van der Waals surface area (Å²) in [5, 5.41) is 11.8. The quantitative estimate of drug-likeness (QED) is 0.815. The fourth-order valence-corrected chi connectivity index (χ4v) is 1.39. The van der Waals surface area contributed by atoms with Crippen LogP contribution in [0.3, 0.4) is 0 Å². The second-order valence-electron chi connectivity index (χ2n) is 3.15. The first kappa shape index (κ1) is 13.5. The minimum absolute atomic E-state index is 0.187. The highest BCUT2D eigenvalue weighted by molar-refractivity contribution is 9.09. The van der Waals surface area contributed by atoms with E-state index < -0.39 is 18.1 Å². The number of halogens is 1. The van der Waals surface area contributed by atoms with Gasteiger partial charge in [-0.3, -0.25) is 0 Å². The third kappa shape index (κ3) is 4.44. The molecule has 0 aliphatic rings. The van der Waals surface area contributed by atoms with Crippen LogP contribution in [0.25, 0.3) is 0 Å². The summed E-state index contributed by atoms with van der Waals surface area (Å²) in [6.45, 7) is 0.187. The predicted molar refractivity (Wildman–Crippen MR) is 65.1 cm³/mol. The number of rotatable bonds is 5. The van der Waals surface area contributed by atoms with E-state index in [2.05, 4.69) is 21.2 Å². The monoisotopic (exact) mass is 301 g/mol. The fraction of sp³-hybridized carbons (Fsp3) is 0.273. The van der Waals surface area contributed by atoms with E-state index in [-0.39, 0.29) is 6.61 Å². The van der Waals surface area contributed by atoms with Crippen LogP contribution in [0.4, 0.5) is 4.79 Å². The highest BCUT2D eigenvalue weighted by Crippen LogP contribution is 2.12. The molecule has 1 atom stereocenters. The molecule has 0 fully saturated rings. The van der Waals surface area contributed by atoms with Crippen molar-refractivity contribution >= 4 is 28.0 Å². The number of carboxylic acids is 1. The molecular weight excluding hydrogens is 290 g/mol. The molecule has 0 heterocycles. The molecule has 0 bridgehead atoms. The number of alkyl halides is 1. The maximum Gasteiger partial charge on any atom is 0.408 e. The average Bonchev–Trinajstić information content (AvgIpc) is 2.34. The van der Waals surface area contributed by atoms with Crippen LogP contribution in [0.2, 0.25) is 0 Å². The Labute approximate surface area is 107 Å². The topological polar surface area (TPSA) is 75.6 Å². The van der Waals surface area contributed by atoms with Gasteiger partial charge in [-0.25, -0.2) is 9.59 Å². The summed E-state index contributed by atoms with van der Waals surface area (Å²) < 4.78 is 4.73. The van der Waals surface area contributed by atoms with Crippen molar-refractivity contribution in [3.8, 4) is 0 Å². The number of carbonyl (C=O) groups is 2. The van der Waals surface area contributed by atoms with Crippen molar-refractivity contribution in [2.45, 2.75) is 6.04 Å². The molecule has 0 aromatic heterocycles. The van der Waals surface area contributed by atoms with Gasteiger partial charge in [0.05, 0.1) is 0 Å². The standard InChI is InChI=1S/C11H12BrNO4/c12-6-7-17-11(16)13-9(10(14)15)8-4-2-1-3-5-8/h1-5,9H,6-7H2,(H,13,16)(H,14,15). The van der Waals surface area contributed by atoms with Gasteiger partial charge >= 0.3 is 12.1 Å². The Morgan fingerprint density at radius 1 is 1.35 bits per heavy atom. The van der Waals surface area contributed by atoms with E-state index in [4.69, 9.17) is 9.84 Å². The molecule has 0 saturated carbocycles. The molecule has 1 rings (SSSR count). The van der Waals surface area contributed by atoms with E-state index in [1.54, 1.807) is 30.3 Å². The summed E-state index contributed by atoms with van der Waals surface area (Å²) >= 11 is 3.10. The lowest BCUT2D eigenvalue weighted by atomic mass is 10.1. The smallest absolute Gasteiger partial charge is 0.408 e. The Hall–Kier alpha value is -1.56. The van der Waals surface area contributed by atoms with Gasteiger partial charge in [-0.2, -0.15) is 0 Å². The van der Waals surface area contributed by atoms with Gasteiger partial charge < -0.3 is 15.2 Å². The van der Waals surface area contributed by atoms with Crippen molar-refractivity contribution in [1.82, 2.24) is 5.32 Å². The van der Waals surface area contributed by atoms with Crippen LogP contribution >= 0.6 is 15.9 Å². The number of carbonyl (C=O) groups excluding carboxylic acids is 1. The second kappa shape index (κ2) is 6.90. The minimum atomic E-state index is -1.13. The molecule has 2 N–H and O–H groups in total. The van der Waals surface area contributed by atoms with Crippen LogP contribution in [0.5, 0.6) is 0 Å². The maximum atomic E-state index is 11.3. The first-order chi connectivity index (χ1) is 8.15. The molecule has 0 saturated heterocycles. The molecule has 6 heteroatoms. The van der Waals surface area contributed by atoms with Gasteiger partial charge in [0.1, 0.15) is 6.61 Å². The van der Waals surface area contributed by atoms with Gasteiger partial charge in [-0.1, -0.05) is 46.3 Å². The molecule has 92 valence electrons. The lowest BCUT2D eigenvalue weighted by molar-refractivity contribution is -0.139. The number of aliphatic carboxylic acids is 1. The molecular formula is C11H12BrNO4. The largest absolute Gasteiger partial charge is 0.479 e. The van der Waals surface area contributed by atoms with Crippen LogP contribution < -0.4 is 5.32 Å². The van der Waals surface area contributed by atoms with E-state index in [1.165, 1.54) is 0 Å². The SMILES string of the molecule is O=C(NC(C(=O)O)c1ccccc1)OCCBr. The lowest BCUT2D eigenvalue weighted by Gasteiger charge is -2.14. The number of benzene rings is 1. The summed E-state index contributed by atoms with van der Waals surface area (Å²) in [6, 6.07) is 7.34. The van der Waals surface area contributed by atoms with E-state index in [0.717, 1.165) is 0 Å². The maximum absolute atomic E-state index is 11.3. The zero-order valence-electron chi connectivity index (χ0n) is 8.93. The second-order valence-corrected chi connectivity index (χ2v) is 3.94. The Morgan fingerprint density at radius 3 is 2.53 bits per heavy atom. The molecule has 1 unspecified atom stereocenters. The van der Waals surface area contributed by atoms with Gasteiger partial charge in [-0.05, 0) is 5.56 Å². The van der Waals surface area contributed by atoms with Gasteiger partial charge in [0.25, 0.3) is 0 Å². The third-order valence-corrected chi connectivity index (χ3v) is 2.28. The fourth-order valence-electron chi connectivity index (χ4n) is 1.22. The molecule has 1 aromatic carbocycles. The molecule has 1 amide bonds. The van der Waals surface area contributed by atoms with Gasteiger partial charge in [-0.15, -0.1) is 0 Å². The molecule has 0 spiro atoms. The van der Waals surface area contributed by atoms with Crippen molar-refractivity contribution in [1.29, 1.82) is 0 Å². The zero-order chi connectivity index (χ0) is 12.7. The van der Waals surface area contributed by atoms with Crippen molar-refractivity contribution in [2.24, 2.45) is 0 Å². The number of nitrogens with one attached hydrogen (secondary N) is 1. The van der Waals surface area contributed by atoms with E-state index >= 15 is 0 Å². The Balaban J connectivity index is 2.68. The number of amides is 1. The Morgan fingerprint density at radius 2 is 2.00 bits per heavy atom. The van der Waals surface area contributed by atoms with Crippen LogP contribution in [-0.2, 0) is 9.53 Å². The summed E-state index contributed by atoms with van der Waals surface area (Å²) in [6.07, 6.45) is -0.749.